The van der Waals surface area contributed by atoms with Crippen LogP contribution in [0.2, 0.25) is 15.1 Å². The van der Waals surface area contributed by atoms with Gasteiger partial charge in [0.15, 0.2) is 0 Å². The lowest BCUT2D eigenvalue weighted by Crippen LogP contribution is -2.29. The Kier molecular flexibility index (Phi) is 4.07. The van der Waals surface area contributed by atoms with Crippen molar-refractivity contribution in [3.05, 3.63) is 32.1 Å². The second-order valence-corrected chi connectivity index (χ2v) is 6.41. The summed E-state index contributed by atoms with van der Waals surface area (Å²) in [6.45, 7) is 3.78. The summed E-state index contributed by atoms with van der Waals surface area (Å²) in [6.07, 6.45) is 0. The third-order valence-electron chi connectivity index (χ3n) is 2.28. The van der Waals surface area contributed by atoms with Crippen molar-refractivity contribution < 1.29 is 4.79 Å². The molecule has 2 nitrogen and oxygen atoms in total. The predicted octanol–water partition coefficient (Wildman–Crippen LogP) is 5.00. The van der Waals surface area contributed by atoms with Gasteiger partial charge in [-0.3, -0.25) is 4.79 Å². The summed E-state index contributed by atoms with van der Waals surface area (Å²) in [5.41, 5.74) is 0. The summed E-state index contributed by atoms with van der Waals surface area (Å²) in [7, 11) is 0. The van der Waals surface area contributed by atoms with Crippen LogP contribution in [0.4, 0.5) is 0 Å². The molecule has 1 heterocycles. The molecule has 0 atom stereocenters. The number of hydrogen-bond acceptors (Lipinski definition) is 2. The number of nitrogens with one attached hydrogen (secondary N) is 1. The number of halogens is 3. The zero-order chi connectivity index (χ0) is 13.4. The average molecular weight is 323 g/mol. The van der Waals surface area contributed by atoms with E-state index in [1.54, 1.807) is 12.1 Å². The van der Waals surface area contributed by atoms with Gasteiger partial charge in [0.25, 0.3) is 5.91 Å². The summed E-state index contributed by atoms with van der Waals surface area (Å²) in [4.78, 5) is 12.4. The van der Waals surface area contributed by atoms with E-state index >= 15 is 0 Å². The minimum Gasteiger partial charge on any atom is -0.349 e. The van der Waals surface area contributed by atoms with E-state index in [9.17, 15) is 4.79 Å². The number of thiophene rings is 1. The van der Waals surface area contributed by atoms with Gasteiger partial charge >= 0.3 is 0 Å². The summed E-state index contributed by atoms with van der Waals surface area (Å²) in [5.74, 6) is -0.191. The van der Waals surface area contributed by atoms with Crippen molar-refractivity contribution in [2.75, 3.05) is 0 Å². The minimum absolute atomic E-state index is 0.0536. The van der Waals surface area contributed by atoms with Gasteiger partial charge in [-0.15, -0.1) is 11.3 Å². The van der Waals surface area contributed by atoms with Gasteiger partial charge in [-0.2, -0.15) is 0 Å². The van der Waals surface area contributed by atoms with Crippen LogP contribution in [0.5, 0.6) is 0 Å². The van der Waals surface area contributed by atoms with Crippen molar-refractivity contribution in [3.8, 4) is 0 Å². The van der Waals surface area contributed by atoms with Crippen LogP contribution in [0, 0.1) is 0 Å². The van der Waals surface area contributed by atoms with Crippen LogP contribution in [0.25, 0.3) is 10.1 Å². The molecule has 1 amide bonds. The number of carbonyl (C=O) groups excluding carboxylic acids is 1. The Morgan fingerprint density at radius 2 is 1.94 bits per heavy atom. The largest absolute Gasteiger partial charge is 0.349 e. The molecule has 0 bridgehead atoms. The molecule has 6 heteroatoms. The molecule has 2 aromatic rings. The highest BCUT2D eigenvalue weighted by molar-refractivity contribution is 7.21. The van der Waals surface area contributed by atoms with Crippen LogP contribution in [-0.2, 0) is 0 Å². The van der Waals surface area contributed by atoms with Crippen LogP contribution in [-0.4, -0.2) is 11.9 Å². The Balaban J connectivity index is 2.57. The molecule has 0 aliphatic carbocycles. The first-order valence-electron chi connectivity index (χ1n) is 5.28. The highest BCUT2D eigenvalue weighted by Gasteiger charge is 2.19. The highest BCUT2D eigenvalue weighted by atomic mass is 35.5. The Bertz CT molecular complexity index is 621. The van der Waals surface area contributed by atoms with Crippen molar-refractivity contribution in [1.82, 2.24) is 5.32 Å². The monoisotopic (exact) mass is 321 g/mol. The van der Waals surface area contributed by atoms with Gasteiger partial charge in [-0.1, -0.05) is 34.8 Å². The first-order valence-corrected chi connectivity index (χ1v) is 7.23. The van der Waals surface area contributed by atoms with Crippen LogP contribution >= 0.6 is 46.1 Å². The first kappa shape index (κ1) is 13.9. The lowest BCUT2D eigenvalue weighted by molar-refractivity contribution is 0.0947. The van der Waals surface area contributed by atoms with Crippen molar-refractivity contribution >= 4 is 62.1 Å². The molecule has 2 rings (SSSR count). The smallest absolute Gasteiger partial charge is 0.263 e. The fraction of sp³-hybridized carbons (Fsp3) is 0.250. The molecule has 18 heavy (non-hydrogen) atoms. The summed E-state index contributed by atoms with van der Waals surface area (Å²) < 4.78 is 0.811. The maximum Gasteiger partial charge on any atom is 0.263 e. The van der Waals surface area contributed by atoms with Crippen LogP contribution in [0.15, 0.2) is 12.1 Å². The topological polar surface area (TPSA) is 29.1 Å². The molecule has 96 valence electrons. The highest BCUT2D eigenvalue weighted by Crippen LogP contribution is 2.41. The molecule has 1 N–H and O–H groups in total. The molecule has 0 aliphatic rings. The number of carbonyl (C=O) groups is 1. The summed E-state index contributed by atoms with van der Waals surface area (Å²) in [6, 6.07) is 3.43. The fourth-order valence-electron chi connectivity index (χ4n) is 1.59. The molecule has 1 aromatic carbocycles. The van der Waals surface area contributed by atoms with Gasteiger partial charge in [-0.25, -0.2) is 0 Å². The standard InChI is InChI=1S/C12H10Cl3NOS/c1-5(2)16-12(17)11-10(15)9-7(14)3-6(13)4-8(9)18-11/h3-5H,1-2H3,(H,16,17). The maximum atomic E-state index is 12.0. The van der Waals surface area contributed by atoms with E-state index in [0.29, 0.717) is 25.3 Å². The van der Waals surface area contributed by atoms with Gasteiger partial charge in [0.1, 0.15) is 4.88 Å². The SMILES string of the molecule is CC(C)NC(=O)c1sc2cc(Cl)cc(Cl)c2c1Cl. The Hall–Kier alpha value is -0.480. The molecule has 0 fully saturated rings. The summed E-state index contributed by atoms with van der Waals surface area (Å²) in [5, 5.41) is 4.86. The van der Waals surface area contributed by atoms with E-state index in [1.165, 1.54) is 11.3 Å². The number of hydrogen-bond donors (Lipinski definition) is 1. The van der Waals surface area contributed by atoms with Gasteiger partial charge in [0.2, 0.25) is 0 Å². The predicted molar refractivity (Wildman–Crippen MR) is 79.5 cm³/mol. The molecular weight excluding hydrogens is 313 g/mol. The van der Waals surface area contributed by atoms with Crippen molar-refractivity contribution in [2.45, 2.75) is 19.9 Å². The zero-order valence-electron chi connectivity index (χ0n) is 9.68. The van der Waals surface area contributed by atoms with E-state index in [0.717, 1.165) is 4.70 Å². The number of rotatable bonds is 2. The Morgan fingerprint density at radius 1 is 1.28 bits per heavy atom. The number of amides is 1. The second-order valence-electron chi connectivity index (χ2n) is 4.13. The van der Waals surface area contributed by atoms with Gasteiger partial charge in [0, 0.05) is 21.2 Å². The second kappa shape index (κ2) is 5.25. The van der Waals surface area contributed by atoms with Gasteiger partial charge < -0.3 is 5.32 Å². The van der Waals surface area contributed by atoms with Gasteiger partial charge in [-0.05, 0) is 26.0 Å². The maximum absolute atomic E-state index is 12.0. The first-order chi connectivity index (χ1) is 8.40. The molecule has 0 saturated carbocycles. The Morgan fingerprint density at radius 3 is 2.56 bits per heavy atom. The quantitative estimate of drug-likeness (QED) is 0.828. The normalized spacial score (nSPS) is 11.2. The van der Waals surface area contributed by atoms with Gasteiger partial charge in [0.05, 0.1) is 10.0 Å². The van der Waals surface area contributed by atoms with Crippen molar-refractivity contribution in [2.24, 2.45) is 0 Å². The average Bonchev–Trinajstić information content (AvgIpc) is 2.54. The minimum atomic E-state index is -0.191. The molecule has 0 saturated heterocycles. The lowest BCUT2D eigenvalue weighted by atomic mass is 10.2. The molecule has 0 spiro atoms. The van der Waals surface area contributed by atoms with E-state index in [4.69, 9.17) is 34.8 Å². The molecule has 0 unspecified atom stereocenters. The van der Waals surface area contributed by atoms with Crippen molar-refractivity contribution in [1.29, 1.82) is 0 Å². The molecule has 0 aliphatic heterocycles. The number of benzene rings is 1. The molecule has 1 aromatic heterocycles. The van der Waals surface area contributed by atoms with E-state index in [2.05, 4.69) is 5.32 Å². The molecular formula is C12H10Cl3NOS. The van der Waals surface area contributed by atoms with Crippen LogP contribution < -0.4 is 5.32 Å². The summed E-state index contributed by atoms with van der Waals surface area (Å²) >= 11 is 19.5. The third-order valence-corrected chi connectivity index (χ3v) is 4.42. The number of fused-ring (bicyclic) bond motifs is 1. The van der Waals surface area contributed by atoms with Crippen LogP contribution in [0.1, 0.15) is 23.5 Å². The van der Waals surface area contributed by atoms with E-state index < -0.39 is 0 Å². The van der Waals surface area contributed by atoms with E-state index in [-0.39, 0.29) is 11.9 Å². The fourth-order valence-corrected chi connectivity index (χ4v) is 3.87. The van der Waals surface area contributed by atoms with Crippen LogP contribution in [0.3, 0.4) is 0 Å². The zero-order valence-corrected chi connectivity index (χ0v) is 12.8. The van der Waals surface area contributed by atoms with Crippen molar-refractivity contribution in [3.63, 3.8) is 0 Å². The lowest BCUT2D eigenvalue weighted by Gasteiger charge is -2.06. The molecule has 0 radical (unpaired) electrons. The third kappa shape index (κ3) is 2.59. The van der Waals surface area contributed by atoms with E-state index in [1.807, 2.05) is 13.8 Å². The Labute approximate surface area is 124 Å².